The van der Waals surface area contributed by atoms with Crippen molar-refractivity contribution in [2.24, 2.45) is 5.92 Å². The standard InChI is InChI=1S/C34H26N2O3/c1-21-15-17-24(18-16-21)31(38)29-28(30(37)23-10-3-2-4-11-23)34(26-13-7-8-14-27(26)35-33(34)39)32-25-12-6-5-9-22(25)19-20-36(29)32/h2-20,28-29,32H,1H3,(H,35,39)/t28-,29-,32+,34+/m0/s1. The fourth-order valence-corrected chi connectivity index (χ4v) is 6.84. The second kappa shape index (κ2) is 8.63. The van der Waals surface area contributed by atoms with Gasteiger partial charge in [0.05, 0.1) is 12.0 Å². The van der Waals surface area contributed by atoms with Crippen LogP contribution in [0.2, 0.25) is 0 Å². The fraction of sp³-hybridized carbons (Fsp3) is 0.147. The number of para-hydroxylation sites is 1. The number of amides is 1. The Morgan fingerprint density at radius 1 is 0.769 bits per heavy atom. The first-order valence-corrected chi connectivity index (χ1v) is 13.2. The van der Waals surface area contributed by atoms with Gasteiger partial charge < -0.3 is 10.2 Å². The van der Waals surface area contributed by atoms with E-state index in [-0.39, 0.29) is 17.5 Å². The summed E-state index contributed by atoms with van der Waals surface area (Å²) in [6.07, 6.45) is 3.88. The van der Waals surface area contributed by atoms with Crippen LogP contribution in [0.15, 0.2) is 109 Å². The van der Waals surface area contributed by atoms with Gasteiger partial charge >= 0.3 is 0 Å². The van der Waals surface area contributed by atoms with Crippen molar-refractivity contribution in [3.63, 3.8) is 0 Å². The Morgan fingerprint density at radius 2 is 1.44 bits per heavy atom. The maximum Gasteiger partial charge on any atom is 0.238 e. The molecule has 4 aromatic rings. The number of fused-ring (bicyclic) bond motifs is 6. The maximum absolute atomic E-state index is 14.6. The smallest absolute Gasteiger partial charge is 0.238 e. The summed E-state index contributed by atoms with van der Waals surface area (Å²) in [6, 6.07) is 30.5. The van der Waals surface area contributed by atoms with Crippen molar-refractivity contribution in [1.82, 2.24) is 4.90 Å². The minimum Gasteiger partial charge on any atom is -0.358 e. The van der Waals surface area contributed by atoms with Crippen molar-refractivity contribution in [3.8, 4) is 0 Å². The molecule has 1 N–H and O–H groups in total. The van der Waals surface area contributed by atoms with Gasteiger partial charge in [-0.3, -0.25) is 14.4 Å². The largest absolute Gasteiger partial charge is 0.358 e. The average Bonchev–Trinajstić information content (AvgIpc) is 3.45. The Bertz CT molecular complexity index is 1670. The number of anilines is 1. The Hall–Kier alpha value is -4.77. The van der Waals surface area contributed by atoms with E-state index in [2.05, 4.69) is 5.32 Å². The molecule has 7 rings (SSSR count). The van der Waals surface area contributed by atoms with Crippen LogP contribution < -0.4 is 5.32 Å². The average molecular weight is 511 g/mol. The topological polar surface area (TPSA) is 66.5 Å². The predicted molar refractivity (Wildman–Crippen MR) is 150 cm³/mol. The first kappa shape index (κ1) is 23.4. The molecule has 0 aliphatic carbocycles. The summed E-state index contributed by atoms with van der Waals surface area (Å²) in [5, 5.41) is 3.08. The van der Waals surface area contributed by atoms with E-state index in [1.807, 2.05) is 115 Å². The van der Waals surface area contributed by atoms with Crippen LogP contribution in [0.4, 0.5) is 5.69 Å². The number of benzene rings is 4. The van der Waals surface area contributed by atoms with E-state index < -0.39 is 23.4 Å². The summed E-state index contributed by atoms with van der Waals surface area (Å²) < 4.78 is 0. The van der Waals surface area contributed by atoms with E-state index in [9.17, 15) is 14.4 Å². The molecule has 1 amide bonds. The summed E-state index contributed by atoms with van der Waals surface area (Å²) in [5.41, 5.74) is 4.08. The molecule has 3 aliphatic heterocycles. The van der Waals surface area contributed by atoms with Gasteiger partial charge in [-0.05, 0) is 35.8 Å². The highest BCUT2D eigenvalue weighted by molar-refractivity contribution is 6.16. The van der Waals surface area contributed by atoms with Crippen LogP contribution in [-0.4, -0.2) is 28.4 Å². The van der Waals surface area contributed by atoms with Gasteiger partial charge in [-0.2, -0.15) is 0 Å². The van der Waals surface area contributed by atoms with Crippen LogP contribution in [-0.2, 0) is 10.2 Å². The van der Waals surface area contributed by atoms with Crippen molar-refractivity contribution in [3.05, 3.63) is 143 Å². The van der Waals surface area contributed by atoms with Gasteiger partial charge in [-0.25, -0.2) is 0 Å². The molecule has 0 bridgehead atoms. The quantitative estimate of drug-likeness (QED) is 0.343. The monoisotopic (exact) mass is 510 g/mol. The molecule has 0 aromatic heterocycles. The third-order valence-corrected chi connectivity index (χ3v) is 8.52. The van der Waals surface area contributed by atoms with Crippen LogP contribution in [0, 0.1) is 12.8 Å². The molecule has 5 heteroatoms. The van der Waals surface area contributed by atoms with Crippen LogP contribution in [0.3, 0.4) is 0 Å². The van der Waals surface area contributed by atoms with Gasteiger partial charge in [-0.15, -0.1) is 0 Å². The van der Waals surface area contributed by atoms with Gasteiger partial charge in [-0.1, -0.05) is 103 Å². The molecular formula is C34H26N2O3. The second-order valence-corrected chi connectivity index (χ2v) is 10.5. The minimum absolute atomic E-state index is 0.174. The number of carbonyl (C=O) groups excluding carboxylic acids is 3. The molecule has 3 aliphatic rings. The molecular weight excluding hydrogens is 484 g/mol. The summed E-state index contributed by atoms with van der Waals surface area (Å²) >= 11 is 0. The third kappa shape index (κ3) is 3.23. The number of aryl methyl sites for hydroxylation is 1. The number of carbonyl (C=O) groups is 3. The molecule has 0 radical (unpaired) electrons. The zero-order valence-corrected chi connectivity index (χ0v) is 21.4. The lowest BCUT2D eigenvalue weighted by Gasteiger charge is -2.38. The number of nitrogens with one attached hydrogen (secondary N) is 1. The van der Waals surface area contributed by atoms with Gasteiger partial charge in [0.1, 0.15) is 11.5 Å². The molecule has 1 saturated heterocycles. The molecule has 190 valence electrons. The lowest BCUT2D eigenvalue weighted by molar-refractivity contribution is -0.122. The maximum atomic E-state index is 14.6. The summed E-state index contributed by atoms with van der Waals surface area (Å²) in [4.78, 5) is 45.5. The highest BCUT2D eigenvalue weighted by Gasteiger charge is 2.70. The number of hydrogen-bond acceptors (Lipinski definition) is 4. The normalized spacial score (nSPS) is 24.2. The number of ketones is 2. The van der Waals surface area contributed by atoms with E-state index in [1.165, 1.54) is 0 Å². The van der Waals surface area contributed by atoms with Crippen LogP contribution in [0.1, 0.15) is 49.0 Å². The zero-order valence-electron chi connectivity index (χ0n) is 21.4. The zero-order chi connectivity index (χ0) is 26.7. The number of nitrogens with zero attached hydrogens (tertiary/aromatic N) is 1. The van der Waals surface area contributed by atoms with Gasteiger partial charge in [0.2, 0.25) is 5.91 Å². The number of hydrogen-bond donors (Lipinski definition) is 1. The molecule has 4 aromatic carbocycles. The van der Waals surface area contributed by atoms with Crippen molar-refractivity contribution >= 4 is 29.2 Å². The number of Topliss-reactive ketones (excluding diaryl/α,β-unsaturated/α-hetero) is 2. The third-order valence-electron chi connectivity index (χ3n) is 8.52. The molecule has 1 fully saturated rings. The minimum atomic E-state index is -1.31. The summed E-state index contributed by atoms with van der Waals surface area (Å²) in [5.74, 6) is -1.60. The van der Waals surface area contributed by atoms with E-state index in [4.69, 9.17) is 0 Å². The Balaban J connectivity index is 1.54. The Labute approximate surface area is 226 Å². The van der Waals surface area contributed by atoms with Crippen LogP contribution in [0.25, 0.3) is 6.08 Å². The lowest BCUT2D eigenvalue weighted by atomic mass is 9.62. The summed E-state index contributed by atoms with van der Waals surface area (Å²) in [7, 11) is 0. The highest BCUT2D eigenvalue weighted by Crippen LogP contribution is 2.62. The molecule has 4 atom stereocenters. The van der Waals surface area contributed by atoms with E-state index in [1.54, 1.807) is 12.1 Å². The van der Waals surface area contributed by atoms with Crippen molar-refractivity contribution < 1.29 is 14.4 Å². The molecule has 39 heavy (non-hydrogen) atoms. The molecule has 0 saturated carbocycles. The SMILES string of the molecule is Cc1ccc(C(=O)[C@@H]2[C@@H](C(=O)c3ccccc3)[C@@]3(C(=O)Nc4ccccc43)[C@H]3c4ccccc4C=CN23)cc1. The Kier molecular flexibility index (Phi) is 5.17. The van der Waals surface area contributed by atoms with E-state index in [0.29, 0.717) is 16.8 Å². The van der Waals surface area contributed by atoms with Gasteiger partial charge in [0, 0.05) is 23.0 Å². The molecule has 1 spiro atoms. The second-order valence-electron chi connectivity index (χ2n) is 10.5. The molecule has 0 unspecified atom stereocenters. The van der Waals surface area contributed by atoms with Crippen molar-refractivity contribution in [2.75, 3.05) is 5.32 Å². The predicted octanol–water partition coefficient (Wildman–Crippen LogP) is 5.98. The molecule has 3 heterocycles. The lowest BCUT2D eigenvalue weighted by Crippen LogP contribution is -2.49. The molecule has 5 nitrogen and oxygen atoms in total. The first-order valence-electron chi connectivity index (χ1n) is 13.2. The van der Waals surface area contributed by atoms with Gasteiger partial charge in [0.25, 0.3) is 0 Å². The highest BCUT2D eigenvalue weighted by atomic mass is 16.2. The summed E-state index contributed by atoms with van der Waals surface area (Å²) in [6.45, 7) is 1.97. The number of rotatable bonds is 4. The first-order chi connectivity index (χ1) is 19.0. The van der Waals surface area contributed by atoms with Crippen molar-refractivity contribution in [2.45, 2.75) is 24.4 Å². The van der Waals surface area contributed by atoms with Crippen LogP contribution in [0.5, 0.6) is 0 Å². The fourth-order valence-electron chi connectivity index (χ4n) is 6.84. The van der Waals surface area contributed by atoms with E-state index in [0.717, 1.165) is 22.3 Å². The van der Waals surface area contributed by atoms with Crippen molar-refractivity contribution in [1.29, 1.82) is 0 Å². The van der Waals surface area contributed by atoms with Crippen LogP contribution >= 0.6 is 0 Å². The van der Waals surface area contributed by atoms with Gasteiger partial charge in [0.15, 0.2) is 11.6 Å². The van der Waals surface area contributed by atoms with E-state index >= 15 is 0 Å². The Morgan fingerprint density at radius 3 is 2.23 bits per heavy atom.